The van der Waals surface area contributed by atoms with Gasteiger partial charge in [-0.2, -0.15) is 0 Å². The molecule has 0 aliphatic carbocycles. The Morgan fingerprint density at radius 3 is 2.69 bits per heavy atom. The van der Waals surface area contributed by atoms with Gasteiger partial charge in [0.2, 0.25) is 5.91 Å². The molecule has 2 aromatic rings. The maximum Gasteiger partial charge on any atom is 0.238 e. The highest BCUT2D eigenvalue weighted by Crippen LogP contribution is 2.26. The van der Waals surface area contributed by atoms with E-state index >= 15 is 0 Å². The van der Waals surface area contributed by atoms with Gasteiger partial charge in [0, 0.05) is 35.9 Å². The van der Waals surface area contributed by atoms with E-state index in [0.717, 1.165) is 30.4 Å². The van der Waals surface area contributed by atoms with E-state index in [0.29, 0.717) is 21.8 Å². The zero-order valence-corrected chi connectivity index (χ0v) is 16.5. The summed E-state index contributed by atoms with van der Waals surface area (Å²) in [4.78, 5) is 25.3. The zero-order chi connectivity index (χ0) is 18.8. The molecule has 1 amide bonds. The highest BCUT2D eigenvalue weighted by Gasteiger charge is 2.32. The Morgan fingerprint density at radius 2 is 2.00 bits per heavy atom. The van der Waals surface area contributed by atoms with Gasteiger partial charge < -0.3 is 10.2 Å². The van der Waals surface area contributed by atoms with Crippen molar-refractivity contribution < 1.29 is 4.79 Å². The van der Waals surface area contributed by atoms with Crippen molar-refractivity contribution in [2.45, 2.75) is 19.9 Å². The third kappa shape index (κ3) is 4.44. The molecular formula is C18H21Cl2N5O. The van der Waals surface area contributed by atoms with Gasteiger partial charge in [-0.05, 0) is 39.1 Å². The van der Waals surface area contributed by atoms with Crippen LogP contribution in [0.5, 0.6) is 0 Å². The summed E-state index contributed by atoms with van der Waals surface area (Å²) < 4.78 is 0. The number of aromatic nitrogens is 2. The fraction of sp³-hybridized carbons (Fsp3) is 0.389. The van der Waals surface area contributed by atoms with Crippen LogP contribution in [0.15, 0.2) is 24.3 Å². The number of likely N-dealkylation sites (N-methyl/N-ethyl adjacent to an activating group) is 1. The summed E-state index contributed by atoms with van der Waals surface area (Å²) in [6.45, 7) is 5.80. The van der Waals surface area contributed by atoms with Crippen LogP contribution in [0, 0.1) is 13.8 Å². The molecule has 0 bridgehead atoms. The number of rotatable bonds is 5. The average Bonchev–Trinajstić information content (AvgIpc) is 2.48. The van der Waals surface area contributed by atoms with E-state index in [-0.39, 0.29) is 12.5 Å². The fourth-order valence-corrected chi connectivity index (χ4v) is 3.26. The molecular weight excluding hydrogens is 373 g/mol. The SMILES string of the molecule is Cc1cc(N2CC(N(C)CC(=O)Nc3cc(Cl)ccc3Cl)C2)nc(C)n1. The summed E-state index contributed by atoms with van der Waals surface area (Å²) in [6.07, 6.45) is 0. The first-order chi connectivity index (χ1) is 12.3. The minimum absolute atomic E-state index is 0.121. The predicted octanol–water partition coefficient (Wildman–Crippen LogP) is 3.16. The molecule has 0 saturated carbocycles. The topological polar surface area (TPSA) is 61.4 Å². The van der Waals surface area contributed by atoms with Gasteiger partial charge in [-0.25, -0.2) is 9.97 Å². The third-order valence-electron chi connectivity index (χ3n) is 4.36. The normalized spacial score (nSPS) is 14.5. The summed E-state index contributed by atoms with van der Waals surface area (Å²) in [6, 6.07) is 7.28. The molecule has 1 aliphatic heterocycles. The van der Waals surface area contributed by atoms with Crippen molar-refractivity contribution in [3.05, 3.63) is 45.8 Å². The second-order valence-electron chi connectivity index (χ2n) is 6.56. The molecule has 8 heteroatoms. The lowest BCUT2D eigenvalue weighted by Crippen LogP contribution is -2.59. The molecule has 0 radical (unpaired) electrons. The van der Waals surface area contributed by atoms with Gasteiger partial charge in [-0.15, -0.1) is 0 Å². The van der Waals surface area contributed by atoms with Crippen LogP contribution >= 0.6 is 23.2 Å². The van der Waals surface area contributed by atoms with Gasteiger partial charge in [-0.3, -0.25) is 9.69 Å². The first kappa shape index (κ1) is 18.9. The summed E-state index contributed by atoms with van der Waals surface area (Å²) in [5.74, 6) is 1.59. The molecule has 1 aromatic carbocycles. The van der Waals surface area contributed by atoms with E-state index in [1.807, 2.05) is 31.9 Å². The van der Waals surface area contributed by atoms with E-state index in [4.69, 9.17) is 23.2 Å². The van der Waals surface area contributed by atoms with E-state index < -0.39 is 0 Å². The van der Waals surface area contributed by atoms with E-state index in [2.05, 4.69) is 20.2 Å². The maximum atomic E-state index is 12.3. The van der Waals surface area contributed by atoms with Crippen molar-refractivity contribution in [2.24, 2.45) is 0 Å². The Bertz CT molecular complexity index is 803. The van der Waals surface area contributed by atoms with Crippen molar-refractivity contribution in [3.63, 3.8) is 0 Å². The number of hydrogen-bond acceptors (Lipinski definition) is 5. The number of aryl methyl sites for hydroxylation is 2. The Morgan fingerprint density at radius 1 is 1.27 bits per heavy atom. The van der Waals surface area contributed by atoms with Gasteiger partial charge >= 0.3 is 0 Å². The minimum Gasteiger partial charge on any atom is -0.353 e. The van der Waals surface area contributed by atoms with E-state index in [1.165, 1.54) is 0 Å². The van der Waals surface area contributed by atoms with Crippen molar-refractivity contribution >= 4 is 40.6 Å². The first-order valence-corrected chi connectivity index (χ1v) is 9.10. The number of halogens is 2. The van der Waals surface area contributed by atoms with Crippen LogP contribution in [-0.2, 0) is 4.79 Å². The number of hydrogen-bond donors (Lipinski definition) is 1. The molecule has 1 aromatic heterocycles. The highest BCUT2D eigenvalue weighted by atomic mass is 35.5. The molecule has 3 rings (SSSR count). The zero-order valence-electron chi connectivity index (χ0n) is 15.0. The highest BCUT2D eigenvalue weighted by molar-refractivity contribution is 6.35. The summed E-state index contributed by atoms with van der Waals surface area (Å²) in [7, 11) is 1.94. The molecule has 1 aliphatic rings. The van der Waals surface area contributed by atoms with Crippen LogP contribution in [-0.4, -0.2) is 53.5 Å². The Kier molecular flexibility index (Phi) is 5.65. The number of carbonyl (C=O) groups excluding carboxylic acids is 1. The standard InChI is InChI=1S/C18H21Cl2N5O/c1-11-6-17(22-12(2)21-11)25-8-14(9-25)24(3)10-18(26)23-16-7-13(19)4-5-15(16)20/h4-7,14H,8-10H2,1-3H3,(H,23,26). The smallest absolute Gasteiger partial charge is 0.238 e. The van der Waals surface area contributed by atoms with E-state index in [1.54, 1.807) is 18.2 Å². The summed E-state index contributed by atoms with van der Waals surface area (Å²) in [5.41, 5.74) is 1.49. The molecule has 1 saturated heterocycles. The van der Waals surface area contributed by atoms with Crippen LogP contribution in [0.3, 0.4) is 0 Å². The van der Waals surface area contributed by atoms with Crippen LogP contribution < -0.4 is 10.2 Å². The lowest BCUT2D eigenvalue weighted by molar-refractivity contribution is -0.117. The molecule has 0 spiro atoms. The molecule has 138 valence electrons. The predicted molar refractivity (Wildman–Crippen MR) is 105 cm³/mol. The van der Waals surface area contributed by atoms with Gasteiger partial charge in [0.15, 0.2) is 0 Å². The Labute approximate surface area is 163 Å². The molecule has 0 atom stereocenters. The van der Waals surface area contributed by atoms with Gasteiger partial charge in [0.1, 0.15) is 11.6 Å². The second-order valence-corrected chi connectivity index (χ2v) is 7.40. The van der Waals surface area contributed by atoms with Gasteiger partial charge in [0.05, 0.1) is 17.3 Å². The number of carbonyl (C=O) groups is 1. The average molecular weight is 394 g/mol. The first-order valence-electron chi connectivity index (χ1n) is 8.34. The van der Waals surface area contributed by atoms with Crippen LogP contribution in [0.1, 0.15) is 11.5 Å². The number of anilines is 2. The van der Waals surface area contributed by atoms with Crippen molar-refractivity contribution in [2.75, 3.05) is 36.9 Å². The molecule has 2 heterocycles. The van der Waals surface area contributed by atoms with Crippen LogP contribution in [0.2, 0.25) is 10.0 Å². The minimum atomic E-state index is -0.121. The molecule has 0 unspecified atom stereocenters. The molecule has 1 fully saturated rings. The lowest BCUT2D eigenvalue weighted by atomic mass is 10.1. The molecule has 1 N–H and O–H groups in total. The summed E-state index contributed by atoms with van der Waals surface area (Å²) in [5, 5.41) is 3.81. The molecule has 6 nitrogen and oxygen atoms in total. The Hall–Kier alpha value is -1.89. The maximum absolute atomic E-state index is 12.3. The van der Waals surface area contributed by atoms with Crippen LogP contribution in [0.4, 0.5) is 11.5 Å². The Balaban J connectivity index is 1.52. The van der Waals surface area contributed by atoms with Gasteiger partial charge in [0.25, 0.3) is 0 Å². The number of benzene rings is 1. The lowest BCUT2D eigenvalue weighted by Gasteiger charge is -2.44. The van der Waals surface area contributed by atoms with Gasteiger partial charge in [-0.1, -0.05) is 23.2 Å². The van der Waals surface area contributed by atoms with Crippen molar-refractivity contribution in [3.8, 4) is 0 Å². The fourth-order valence-electron chi connectivity index (χ4n) is 2.92. The number of nitrogens with zero attached hydrogens (tertiary/aromatic N) is 4. The molecule has 26 heavy (non-hydrogen) atoms. The number of nitrogens with one attached hydrogen (secondary N) is 1. The van der Waals surface area contributed by atoms with E-state index in [9.17, 15) is 4.79 Å². The quantitative estimate of drug-likeness (QED) is 0.844. The monoisotopic (exact) mass is 393 g/mol. The second kappa shape index (κ2) is 7.78. The largest absolute Gasteiger partial charge is 0.353 e. The van der Waals surface area contributed by atoms with Crippen molar-refractivity contribution in [1.82, 2.24) is 14.9 Å². The third-order valence-corrected chi connectivity index (χ3v) is 4.92. The van der Waals surface area contributed by atoms with Crippen LogP contribution in [0.25, 0.3) is 0 Å². The summed E-state index contributed by atoms with van der Waals surface area (Å²) >= 11 is 12.0. The van der Waals surface area contributed by atoms with Crippen molar-refractivity contribution in [1.29, 1.82) is 0 Å². The number of amides is 1.